The highest BCUT2D eigenvalue weighted by molar-refractivity contribution is 5.95. The van der Waals surface area contributed by atoms with E-state index in [0.29, 0.717) is 24.5 Å². The Hall–Kier alpha value is -2.73. The van der Waals surface area contributed by atoms with E-state index in [4.69, 9.17) is 4.74 Å². The fourth-order valence-corrected chi connectivity index (χ4v) is 2.07. The fourth-order valence-electron chi connectivity index (χ4n) is 2.07. The molecule has 0 aliphatic carbocycles. The van der Waals surface area contributed by atoms with Crippen LogP contribution in [0.15, 0.2) is 42.5 Å². The number of benzene rings is 2. The fraction of sp³-hybridized carbons (Fsp3) is 0.235. The van der Waals surface area contributed by atoms with Gasteiger partial charge in [-0.2, -0.15) is 0 Å². The van der Waals surface area contributed by atoms with Gasteiger partial charge in [0.2, 0.25) is 0 Å². The molecule has 0 saturated heterocycles. The van der Waals surface area contributed by atoms with Gasteiger partial charge in [0.05, 0.1) is 11.5 Å². The summed E-state index contributed by atoms with van der Waals surface area (Å²) in [5.41, 5.74) is 2.28. The van der Waals surface area contributed by atoms with Crippen LogP contribution >= 0.6 is 0 Å². The molecule has 1 N–H and O–H groups in total. The summed E-state index contributed by atoms with van der Waals surface area (Å²) in [6.45, 7) is 4.49. The van der Waals surface area contributed by atoms with Crippen molar-refractivity contribution in [2.75, 3.05) is 11.9 Å². The van der Waals surface area contributed by atoms with Gasteiger partial charge in [0.1, 0.15) is 5.69 Å². The van der Waals surface area contributed by atoms with Crippen molar-refractivity contribution in [1.29, 1.82) is 0 Å². The van der Waals surface area contributed by atoms with Crippen molar-refractivity contribution in [2.45, 2.75) is 20.5 Å². The first-order chi connectivity index (χ1) is 11.0. The quantitative estimate of drug-likeness (QED) is 0.473. The van der Waals surface area contributed by atoms with E-state index in [9.17, 15) is 14.9 Å². The third-order valence-corrected chi connectivity index (χ3v) is 3.31. The number of ketones is 1. The molecule has 0 spiro atoms. The van der Waals surface area contributed by atoms with Gasteiger partial charge in [-0.3, -0.25) is 14.9 Å². The number of nitro groups is 1. The van der Waals surface area contributed by atoms with Crippen LogP contribution in [-0.2, 0) is 11.3 Å². The minimum atomic E-state index is -0.502. The van der Waals surface area contributed by atoms with Crippen molar-refractivity contribution in [3.63, 3.8) is 0 Å². The molecule has 0 heterocycles. The lowest BCUT2D eigenvalue weighted by Gasteiger charge is -2.09. The first-order valence-electron chi connectivity index (χ1n) is 7.24. The minimum Gasteiger partial charge on any atom is -0.377 e. The van der Waals surface area contributed by atoms with Crippen molar-refractivity contribution in [3.8, 4) is 0 Å². The smallest absolute Gasteiger partial charge is 0.293 e. The maximum Gasteiger partial charge on any atom is 0.293 e. The Morgan fingerprint density at radius 3 is 2.48 bits per heavy atom. The van der Waals surface area contributed by atoms with Gasteiger partial charge < -0.3 is 10.1 Å². The van der Waals surface area contributed by atoms with Gasteiger partial charge in [-0.05, 0) is 43.7 Å². The molecule has 2 aromatic carbocycles. The van der Waals surface area contributed by atoms with E-state index in [-0.39, 0.29) is 11.5 Å². The molecule has 23 heavy (non-hydrogen) atoms. The van der Waals surface area contributed by atoms with Crippen LogP contribution in [0.5, 0.6) is 0 Å². The molecule has 2 aromatic rings. The molecule has 0 fully saturated rings. The third kappa shape index (κ3) is 4.37. The number of hydrogen-bond acceptors (Lipinski definition) is 5. The predicted molar refractivity (Wildman–Crippen MR) is 88.2 cm³/mol. The molecule has 6 nitrogen and oxygen atoms in total. The molecule has 0 radical (unpaired) electrons. The van der Waals surface area contributed by atoms with E-state index in [1.165, 1.54) is 13.0 Å². The number of hydrogen-bond donors (Lipinski definition) is 1. The highest BCUT2D eigenvalue weighted by Gasteiger charge is 2.16. The number of carbonyl (C=O) groups excluding carboxylic acids is 1. The van der Waals surface area contributed by atoms with Crippen LogP contribution in [0.25, 0.3) is 0 Å². The molecular formula is C17H18N2O4. The number of nitrogens with one attached hydrogen (secondary N) is 1. The Kier molecular flexibility index (Phi) is 5.43. The zero-order valence-corrected chi connectivity index (χ0v) is 13.0. The van der Waals surface area contributed by atoms with Crippen LogP contribution in [0.3, 0.4) is 0 Å². The van der Waals surface area contributed by atoms with Gasteiger partial charge in [0.25, 0.3) is 5.69 Å². The van der Waals surface area contributed by atoms with Crippen LogP contribution in [0.1, 0.15) is 29.8 Å². The van der Waals surface area contributed by atoms with Gasteiger partial charge in [-0.1, -0.05) is 12.1 Å². The molecule has 0 saturated carbocycles. The standard InChI is InChI=1S/C17H18N2O4/c1-3-23-11-13-4-7-15(8-5-13)18-16-9-6-14(12(2)20)10-17(16)19(21)22/h4-10,18H,3,11H2,1-2H3. The second-order valence-corrected chi connectivity index (χ2v) is 5.00. The molecule has 0 aromatic heterocycles. The van der Waals surface area contributed by atoms with Crippen LogP contribution in [0, 0.1) is 10.1 Å². The lowest BCUT2D eigenvalue weighted by molar-refractivity contribution is -0.383. The molecule has 6 heteroatoms. The molecule has 0 atom stereocenters. The van der Waals surface area contributed by atoms with Gasteiger partial charge in [0, 0.05) is 23.9 Å². The number of anilines is 2. The Morgan fingerprint density at radius 2 is 1.91 bits per heavy atom. The molecular weight excluding hydrogens is 296 g/mol. The van der Waals surface area contributed by atoms with Crippen molar-refractivity contribution in [1.82, 2.24) is 0 Å². The lowest BCUT2D eigenvalue weighted by Crippen LogP contribution is -2.00. The number of ether oxygens (including phenoxy) is 1. The monoisotopic (exact) mass is 314 g/mol. The van der Waals surface area contributed by atoms with E-state index < -0.39 is 4.92 Å². The van der Waals surface area contributed by atoms with E-state index in [0.717, 1.165) is 11.3 Å². The summed E-state index contributed by atoms with van der Waals surface area (Å²) < 4.78 is 5.32. The average Bonchev–Trinajstić information content (AvgIpc) is 2.54. The minimum absolute atomic E-state index is 0.129. The molecule has 0 aliphatic rings. The Balaban J connectivity index is 2.22. The van der Waals surface area contributed by atoms with Crippen LogP contribution in [-0.4, -0.2) is 17.3 Å². The summed E-state index contributed by atoms with van der Waals surface area (Å²) in [5, 5.41) is 14.2. The second kappa shape index (κ2) is 7.51. The van der Waals surface area contributed by atoms with E-state index in [1.54, 1.807) is 12.1 Å². The highest BCUT2D eigenvalue weighted by atomic mass is 16.6. The van der Waals surface area contributed by atoms with Crippen molar-refractivity contribution in [2.24, 2.45) is 0 Å². The molecule has 0 aliphatic heterocycles. The summed E-state index contributed by atoms with van der Waals surface area (Å²) in [6.07, 6.45) is 0. The maximum atomic E-state index is 11.4. The zero-order chi connectivity index (χ0) is 16.8. The number of nitro benzene ring substituents is 1. The predicted octanol–water partition coefficient (Wildman–Crippen LogP) is 4.08. The Bertz CT molecular complexity index is 711. The van der Waals surface area contributed by atoms with Crippen molar-refractivity contribution in [3.05, 3.63) is 63.7 Å². The second-order valence-electron chi connectivity index (χ2n) is 5.00. The van der Waals surface area contributed by atoms with E-state index in [2.05, 4.69) is 5.32 Å². The Labute approximate surface area is 134 Å². The zero-order valence-electron chi connectivity index (χ0n) is 13.0. The Morgan fingerprint density at radius 1 is 1.22 bits per heavy atom. The van der Waals surface area contributed by atoms with E-state index in [1.807, 2.05) is 31.2 Å². The van der Waals surface area contributed by atoms with Crippen molar-refractivity contribution < 1.29 is 14.5 Å². The van der Waals surface area contributed by atoms with Gasteiger partial charge in [0.15, 0.2) is 5.78 Å². The topological polar surface area (TPSA) is 81.5 Å². The summed E-state index contributed by atoms with van der Waals surface area (Å²) >= 11 is 0. The molecule has 0 amide bonds. The van der Waals surface area contributed by atoms with Gasteiger partial charge >= 0.3 is 0 Å². The SMILES string of the molecule is CCOCc1ccc(Nc2ccc(C(C)=O)cc2[N+](=O)[O-])cc1. The largest absolute Gasteiger partial charge is 0.377 e. The summed E-state index contributed by atoms with van der Waals surface area (Å²) in [7, 11) is 0. The van der Waals surface area contributed by atoms with Crippen LogP contribution in [0.2, 0.25) is 0 Å². The number of nitrogens with zero attached hydrogens (tertiary/aromatic N) is 1. The van der Waals surface area contributed by atoms with Gasteiger partial charge in [-0.25, -0.2) is 0 Å². The van der Waals surface area contributed by atoms with Gasteiger partial charge in [-0.15, -0.1) is 0 Å². The van der Waals surface area contributed by atoms with E-state index >= 15 is 0 Å². The number of carbonyl (C=O) groups is 1. The molecule has 2 rings (SSSR count). The molecule has 0 bridgehead atoms. The van der Waals surface area contributed by atoms with Crippen LogP contribution < -0.4 is 5.32 Å². The molecule has 120 valence electrons. The summed E-state index contributed by atoms with van der Waals surface area (Å²) in [4.78, 5) is 22.1. The number of Topliss-reactive ketones (excluding diaryl/α,β-unsaturated/α-hetero) is 1. The lowest BCUT2D eigenvalue weighted by atomic mass is 10.1. The third-order valence-electron chi connectivity index (χ3n) is 3.31. The van der Waals surface area contributed by atoms with Crippen LogP contribution in [0.4, 0.5) is 17.1 Å². The average molecular weight is 314 g/mol. The first kappa shape index (κ1) is 16.6. The maximum absolute atomic E-state index is 11.4. The highest BCUT2D eigenvalue weighted by Crippen LogP contribution is 2.29. The molecule has 0 unspecified atom stereocenters. The summed E-state index contributed by atoms with van der Waals surface area (Å²) in [5.74, 6) is -0.208. The van der Waals surface area contributed by atoms with Crippen molar-refractivity contribution >= 4 is 22.8 Å². The number of rotatable bonds is 7. The summed E-state index contributed by atoms with van der Waals surface area (Å²) in [6, 6.07) is 11.9. The normalized spacial score (nSPS) is 10.3. The first-order valence-corrected chi connectivity index (χ1v) is 7.24.